The Balaban J connectivity index is 1.85. The molecule has 4 heteroatoms. The molecule has 2 aromatic rings. The number of pyridine rings is 1. The molecule has 1 aliphatic rings. The number of halogens is 2. The van der Waals surface area contributed by atoms with Crippen LogP contribution in [-0.2, 0) is 0 Å². The van der Waals surface area contributed by atoms with E-state index in [-0.39, 0.29) is 0 Å². The lowest BCUT2D eigenvalue weighted by Gasteiger charge is -2.30. The highest BCUT2D eigenvalue weighted by Gasteiger charge is 2.13. The van der Waals surface area contributed by atoms with Crippen LogP contribution in [0, 0.1) is 6.92 Å². The lowest BCUT2D eigenvalue weighted by atomic mass is 10.1. The number of hydrogen-bond donors (Lipinski definition) is 0. The molecule has 0 radical (unpaired) electrons. The zero-order valence-corrected chi connectivity index (χ0v) is 14.7. The molecule has 0 saturated carbocycles. The fourth-order valence-corrected chi connectivity index (χ4v) is 3.29. The van der Waals surface area contributed by atoms with Gasteiger partial charge in [0, 0.05) is 25.0 Å². The highest BCUT2D eigenvalue weighted by molar-refractivity contribution is 6.42. The summed E-state index contributed by atoms with van der Waals surface area (Å²) < 4.78 is 0. The third-order valence-electron chi connectivity index (χ3n) is 4.21. The summed E-state index contributed by atoms with van der Waals surface area (Å²) in [6.07, 6.45) is 9.77. The van der Waals surface area contributed by atoms with Crippen molar-refractivity contribution in [2.75, 3.05) is 18.0 Å². The first kappa shape index (κ1) is 16.4. The number of nitrogens with zero attached hydrogens (tertiary/aromatic N) is 2. The Labute approximate surface area is 147 Å². The predicted octanol–water partition coefficient (Wildman–Crippen LogP) is 5.86. The first-order chi connectivity index (χ1) is 11.1. The van der Waals surface area contributed by atoms with E-state index in [4.69, 9.17) is 23.2 Å². The van der Waals surface area contributed by atoms with Crippen LogP contribution in [-0.4, -0.2) is 18.1 Å². The van der Waals surface area contributed by atoms with Crippen molar-refractivity contribution >= 4 is 41.0 Å². The van der Waals surface area contributed by atoms with Gasteiger partial charge < -0.3 is 4.90 Å². The monoisotopic (exact) mass is 346 g/mol. The van der Waals surface area contributed by atoms with Crippen molar-refractivity contribution < 1.29 is 0 Å². The van der Waals surface area contributed by atoms with Crippen molar-refractivity contribution in [3.63, 3.8) is 0 Å². The van der Waals surface area contributed by atoms with Crippen LogP contribution in [0.2, 0.25) is 10.0 Å². The van der Waals surface area contributed by atoms with Gasteiger partial charge in [-0.3, -0.25) is 4.98 Å². The number of aryl methyl sites for hydroxylation is 1. The Bertz CT molecular complexity index is 719. The SMILES string of the molecule is Cc1cnc(C=Cc2cccc(Cl)c2Cl)cc1N1CCCCC1. The molecule has 0 amide bonds. The Morgan fingerprint density at radius 1 is 1.09 bits per heavy atom. The fraction of sp³-hybridized carbons (Fsp3) is 0.316. The van der Waals surface area contributed by atoms with Gasteiger partial charge in [-0.15, -0.1) is 0 Å². The smallest absolute Gasteiger partial charge is 0.0664 e. The minimum atomic E-state index is 0.569. The minimum absolute atomic E-state index is 0.569. The van der Waals surface area contributed by atoms with E-state index in [1.54, 1.807) is 6.07 Å². The van der Waals surface area contributed by atoms with Crippen molar-refractivity contribution in [1.82, 2.24) is 4.98 Å². The summed E-state index contributed by atoms with van der Waals surface area (Å²) in [6, 6.07) is 7.80. The number of benzene rings is 1. The fourth-order valence-electron chi connectivity index (χ4n) is 2.92. The van der Waals surface area contributed by atoms with Gasteiger partial charge in [-0.05, 0) is 55.5 Å². The predicted molar refractivity (Wildman–Crippen MR) is 100 cm³/mol. The molecule has 1 aromatic heterocycles. The Morgan fingerprint density at radius 2 is 1.87 bits per heavy atom. The van der Waals surface area contributed by atoms with Crippen molar-refractivity contribution in [3.8, 4) is 0 Å². The van der Waals surface area contributed by atoms with Crippen LogP contribution in [0.1, 0.15) is 36.1 Å². The van der Waals surface area contributed by atoms with Crippen LogP contribution in [0.15, 0.2) is 30.5 Å². The summed E-state index contributed by atoms with van der Waals surface area (Å²) in [4.78, 5) is 6.97. The molecule has 1 aromatic carbocycles. The van der Waals surface area contributed by atoms with Gasteiger partial charge in [-0.1, -0.05) is 41.4 Å². The van der Waals surface area contributed by atoms with Gasteiger partial charge >= 0.3 is 0 Å². The summed E-state index contributed by atoms with van der Waals surface area (Å²) in [5.74, 6) is 0. The molecular formula is C19H20Cl2N2. The van der Waals surface area contributed by atoms with Crippen LogP contribution in [0.5, 0.6) is 0 Å². The molecular weight excluding hydrogens is 327 g/mol. The maximum Gasteiger partial charge on any atom is 0.0664 e. The highest BCUT2D eigenvalue weighted by Crippen LogP contribution is 2.28. The summed E-state index contributed by atoms with van der Waals surface area (Å²) in [6.45, 7) is 4.39. The quantitative estimate of drug-likeness (QED) is 0.691. The molecule has 0 spiro atoms. The molecule has 0 atom stereocenters. The van der Waals surface area contributed by atoms with Crippen molar-refractivity contribution in [2.45, 2.75) is 26.2 Å². The second kappa shape index (κ2) is 7.37. The maximum absolute atomic E-state index is 6.23. The number of rotatable bonds is 3. The zero-order chi connectivity index (χ0) is 16.2. The summed E-state index contributed by atoms with van der Waals surface area (Å²) in [5.41, 5.74) is 4.36. The van der Waals surface area contributed by atoms with E-state index in [0.29, 0.717) is 10.0 Å². The average Bonchev–Trinajstić information content (AvgIpc) is 2.58. The summed E-state index contributed by atoms with van der Waals surface area (Å²) in [5, 5.41) is 1.15. The maximum atomic E-state index is 6.23. The van der Waals surface area contributed by atoms with E-state index in [2.05, 4.69) is 22.9 Å². The van der Waals surface area contributed by atoms with Crippen molar-refractivity contribution in [1.29, 1.82) is 0 Å². The van der Waals surface area contributed by atoms with Gasteiger partial charge in [0.2, 0.25) is 0 Å². The topological polar surface area (TPSA) is 16.1 Å². The van der Waals surface area contributed by atoms with E-state index >= 15 is 0 Å². The molecule has 1 fully saturated rings. The Kier molecular flexibility index (Phi) is 5.24. The van der Waals surface area contributed by atoms with Crippen LogP contribution in [0.4, 0.5) is 5.69 Å². The zero-order valence-electron chi connectivity index (χ0n) is 13.2. The third kappa shape index (κ3) is 3.88. The van der Waals surface area contributed by atoms with Crippen LogP contribution >= 0.6 is 23.2 Å². The lowest BCUT2D eigenvalue weighted by Crippen LogP contribution is -2.30. The Morgan fingerprint density at radius 3 is 2.65 bits per heavy atom. The summed E-state index contributed by atoms with van der Waals surface area (Å²) in [7, 11) is 0. The van der Waals surface area contributed by atoms with Crippen molar-refractivity contribution in [2.24, 2.45) is 0 Å². The number of hydrogen-bond acceptors (Lipinski definition) is 2. The second-order valence-corrected chi connectivity index (χ2v) is 6.70. The van der Waals surface area contributed by atoms with Crippen LogP contribution < -0.4 is 4.90 Å². The van der Waals surface area contributed by atoms with Gasteiger partial charge in [0.15, 0.2) is 0 Å². The average molecular weight is 347 g/mol. The van der Waals surface area contributed by atoms with E-state index in [1.807, 2.05) is 30.5 Å². The van der Waals surface area contributed by atoms with Gasteiger partial charge in [0.1, 0.15) is 0 Å². The van der Waals surface area contributed by atoms with Gasteiger partial charge in [0.25, 0.3) is 0 Å². The highest BCUT2D eigenvalue weighted by atomic mass is 35.5. The molecule has 120 valence electrons. The molecule has 1 aliphatic heterocycles. The lowest BCUT2D eigenvalue weighted by molar-refractivity contribution is 0.577. The van der Waals surface area contributed by atoms with Gasteiger partial charge in [0.05, 0.1) is 15.7 Å². The second-order valence-electron chi connectivity index (χ2n) is 5.92. The van der Waals surface area contributed by atoms with E-state index in [1.165, 1.54) is 30.5 Å². The van der Waals surface area contributed by atoms with E-state index in [0.717, 1.165) is 24.3 Å². The molecule has 3 rings (SSSR count). The first-order valence-electron chi connectivity index (χ1n) is 7.99. The number of aromatic nitrogens is 1. The molecule has 0 bridgehead atoms. The van der Waals surface area contributed by atoms with E-state index < -0.39 is 0 Å². The van der Waals surface area contributed by atoms with Crippen molar-refractivity contribution in [3.05, 3.63) is 57.3 Å². The molecule has 2 nitrogen and oxygen atoms in total. The number of anilines is 1. The summed E-state index contributed by atoms with van der Waals surface area (Å²) >= 11 is 12.3. The molecule has 1 saturated heterocycles. The Hall–Kier alpha value is -1.51. The molecule has 0 aliphatic carbocycles. The molecule has 23 heavy (non-hydrogen) atoms. The minimum Gasteiger partial charge on any atom is -0.371 e. The largest absolute Gasteiger partial charge is 0.371 e. The standard InChI is InChI=1S/C19H20Cl2N2/c1-14-13-22-16(12-18(14)23-10-3-2-4-11-23)9-8-15-6-5-7-17(20)19(15)21/h5-9,12-13H,2-4,10-11H2,1H3. The third-order valence-corrected chi connectivity index (χ3v) is 5.04. The normalized spacial score (nSPS) is 15.3. The first-order valence-corrected chi connectivity index (χ1v) is 8.74. The molecule has 0 N–H and O–H groups in total. The van der Waals surface area contributed by atoms with Gasteiger partial charge in [-0.2, -0.15) is 0 Å². The van der Waals surface area contributed by atoms with Gasteiger partial charge in [-0.25, -0.2) is 0 Å². The molecule has 2 heterocycles. The van der Waals surface area contributed by atoms with Crippen LogP contribution in [0.3, 0.4) is 0 Å². The van der Waals surface area contributed by atoms with Crippen LogP contribution in [0.25, 0.3) is 12.2 Å². The molecule has 0 unspecified atom stereocenters. The number of piperidine rings is 1. The van der Waals surface area contributed by atoms with E-state index in [9.17, 15) is 0 Å².